The van der Waals surface area contributed by atoms with Gasteiger partial charge in [-0.25, -0.2) is 4.79 Å². The minimum Gasteiger partial charge on any atom is -0.408 e. The van der Waals surface area contributed by atoms with Crippen molar-refractivity contribution in [3.63, 3.8) is 0 Å². The van der Waals surface area contributed by atoms with Crippen molar-refractivity contribution in [2.75, 3.05) is 6.54 Å². The summed E-state index contributed by atoms with van der Waals surface area (Å²) in [5, 5.41) is 4.96. The third-order valence-electron chi connectivity index (χ3n) is 3.77. The molecule has 0 unspecified atom stereocenters. The molecule has 2 aromatic heterocycles. The minimum atomic E-state index is -0.362. The van der Waals surface area contributed by atoms with Crippen LogP contribution < -0.4 is 11.1 Å². The summed E-state index contributed by atoms with van der Waals surface area (Å²) in [4.78, 5) is 24.5. The maximum Gasteiger partial charge on any atom is 0.419 e. The van der Waals surface area contributed by atoms with Gasteiger partial charge in [0.2, 0.25) is 5.91 Å². The maximum absolute atomic E-state index is 11.8. The number of thiophene rings is 1. The fourth-order valence-corrected chi connectivity index (χ4v) is 3.16. The summed E-state index contributed by atoms with van der Waals surface area (Å²) < 4.78 is 6.59. The van der Waals surface area contributed by atoms with Crippen molar-refractivity contribution in [3.05, 3.63) is 56.7 Å². The number of fused-ring (bicyclic) bond motifs is 1. The van der Waals surface area contributed by atoms with Gasteiger partial charge in [-0.2, -0.15) is 0 Å². The minimum absolute atomic E-state index is 0.0650. The zero-order valence-electron chi connectivity index (χ0n) is 12.9. The Morgan fingerprint density at radius 3 is 2.96 bits per heavy atom. The SMILES string of the molecule is Cn1c(=O)oc2ccc(CCNC(=O)CCc3cccs3)cc21. The number of oxazole rings is 1. The topological polar surface area (TPSA) is 64.2 Å². The van der Waals surface area contributed by atoms with E-state index in [1.165, 1.54) is 9.44 Å². The average molecular weight is 330 g/mol. The summed E-state index contributed by atoms with van der Waals surface area (Å²) in [5.41, 5.74) is 2.42. The van der Waals surface area contributed by atoms with Crippen molar-refractivity contribution in [2.45, 2.75) is 19.3 Å². The number of carbonyl (C=O) groups excluding carboxylic acids is 1. The van der Waals surface area contributed by atoms with Crippen molar-refractivity contribution in [1.82, 2.24) is 9.88 Å². The first-order valence-corrected chi connectivity index (χ1v) is 8.39. The highest BCUT2D eigenvalue weighted by Gasteiger charge is 2.07. The predicted octanol–water partition coefficient (Wildman–Crippen LogP) is 2.48. The van der Waals surface area contributed by atoms with E-state index in [2.05, 4.69) is 5.32 Å². The number of aryl methyl sites for hydroxylation is 2. The van der Waals surface area contributed by atoms with E-state index in [0.29, 0.717) is 18.5 Å². The van der Waals surface area contributed by atoms with Gasteiger partial charge in [0.1, 0.15) is 0 Å². The van der Waals surface area contributed by atoms with Crippen LogP contribution in [-0.4, -0.2) is 17.0 Å². The first-order chi connectivity index (χ1) is 11.1. The Morgan fingerprint density at radius 1 is 1.30 bits per heavy atom. The molecular weight excluding hydrogens is 312 g/mol. The fourth-order valence-electron chi connectivity index (χ4n) is 2.45. The molecule has 6 heteroatoms. The van der Waals surface area contributed by atoms with Crippen molar-refractivity contribution in [2.24, 2.45) is 7.05 Å². The molecule has 0 saturated carbocycles. The normalized spacial score (nSPS) is 11.0. The molecule has 0 aliphatic heterocycles. The molecule has 2 heterocycles. The lowest BCUT2D eigenvalue weighted by molar-refractivity contribution is -0.121. The summed E-state index contributed by atoms with van der Waals surface area (Å²) in [5.74, 6) is -0.297. The summed E-state index contributed by atoms with van der Waals surface area (Å²) in [6, 6.07) is 9.69. The van der Waals surface area contributed by atoms with E-state index in [9.17, 15) is 9.59 Å². The lowest BCUT2D eigenvalue weighted by atomic mass is 10.1. The van der Waals surface area contributed by atoms with Crippen molar-refractivity contribution >= 4 is 28.3 Å². The number of rotatable bonds is 6. The Labute approximate surface area is 137 Å². The van der Waals surface area contributed by atoms with Crippen LogP contribution in [0.2, 0.25) is 0 Å². The molecule has 0 bridgehead atoms. The quantitative estimate of drug-likeness (QED) is 0.755. The molecule has 0 aliphatic rings. The Kier molecular flexibility index (Phi) is 4.62. The molecule has 1 N–H and O–H groups in total. The molecular formula is C17H18N2O3S. The highest BCUT2D eigenvalue weighted by atomic mass is 32.1. The Morgan fingerprint density at radius 2 is 2.17 bits per heavy atom. The van der Waals surface area contributed by atoms with Gasteiger partial charge in [0.05, 0.1) is 5.52 Å². The largest absolute Gasteiger partial charge is 0.419 e. The number of aromatic nitrogens is 1. The van der Waals surface area contributed by atoms with Gasteiger partial charge in [-0.15, -0.1) is 11.3 Å². The standard InChI is InChI=1S/C17H18N2O3S/c1-19-14-11-12(4-6-15(14)22-17(19)21)8-9-18-16(20)7-5-13-3-2-10-23-13/h2-4,6,10-11H,5,7-9H2,1H3,(H,18,20). The molecule has 5 nitrogen and oxygen atoms in total. The predicted molar refractivity (Wildman–Crippen MR) is 90.8 cm³/mol. The summed E-state index contributed by atoms with van der Waals surface area (Å²) in [7, 11) is 1.68. The van der Waals surface area contributed by atoms with Gasteiger partial charge in [-0.1, -0.05) is 12.1 Å². The Balaban J connectivity index is 1.51. The van der Waals surface area contributed by atoms with Crippen LogP contribution in [0.3, 0.4) is 0 Å². The smallest absolute Gasteiger partial charge is 0.408 e. The van der Waals surface area contributed by atoms with Gasteiger partial charge in [0.25, 0.3) is 0 Å². The summed E-state index contributed by atoms with van der Waals surface area (Å²) in [6.45, 7) is 0.584. The molecule has 3 aromatic rings. The van der Waals surface area contributed by atoms with E-state index < -0.39 is 0 Å². The Hall–Kier alpha value is -2.34. The number of amides is 1. The second-order valence-electron chi connectivity index (χ2n) is 5.41. The highest BCUT2D eigenvalue weighted by molar-refractivity contribution is 7.09. The van der Waals surface area contributed by atoms with Gasteiger partial charge in [0, 0.05) is 24.9 Å². The maximum atomic E-state index is 11.8. The zero-order valence-corrected chi connectivity index (χ0v) is 13.7. The molecule has 0 fully saturated rings. The van der Waals surface area contributed by atoms with Crippen LogP contribution in [0.15, 0.2) is 44.9 Å². The van der Waals surface area contributed by atoms with E-state index in [-0.39, 0.29) is 11.7 Å². The highest BCUT2D eigenvalue weighted by Crippen LogP contribution is 2.14. The number of carbonyl (C=O) groups is 1. The molecule has 1 aromatic carbocycles. The first-order valence-electron chi connectivity index (χ1n) is 7.51. The van der Waals surface area contributed by atoms with Crippen LogP contribution in [0.5, 0.6) is 0 Å². The number of nitrogens with one attached hydrogen (secondary N) is 1. The molecule has 1 amide bonds. The van der Waals surface area contributed by atoms with Crippen molar-refractivity contribution < 1.29 is 9.21 Å². The molecule has 0 saturated heterocycles. The Bertz CT molecular complexity index is 862. The third-order valence-corrected chi connectivity index (χ3v) is 4.71. The zero-order chi connectivity index (χ0) is 16.2. The van der Waals surface area contributed by atoms with Crippen LogP contribution >= 0.6 is 11.3 Å². The number of hydrogen-bond donors (Lipinski definition) is 1. The van der Waals surface area contributed by atoms with E-state index >= 15 is 0 Å². The van der Waals surface area contributed by atoms with Gasteiger partial charge >= 0.3 is 5.76 Å². The van der Waals surface area contributed by atoms with E-state index in [1.54, 1.807) is 24.5 Å². The summed E-state index contributed by atoms with van der Waals surface area (Å²) in [6.07, 6.45) is 2.02. The molecule has 120 valence electrons. The average Bonchev–Trinajstić information content (AvgIpc) is 3.15. The van der Waals surface area contributed by atoms with Crippen LogP contribution in [0.25, 0.3) is 11.1 Å². The third kappa shape index (κ3) is 3.71. The lowest BCUT2D eigenvalue weighted by Gasteiger charge is -2.05. The molecule has 0 aliphatic carbocycles. The molecule has 0 radical (unpaired) electrons. The second-order valence-corrected chi connectivity index (χ2v) is 6.44. The summed E-state index contributed by atoms with van der Waals surface area (Å²) >= 11 is 1.67. The molecule has 0 spiro atoms. The molecule has 0 atom stereocenters. The fraction of sp³-hybridized carbons (Fsp3) is 0.294. The second kappa shape index (κ2) is 6.83. The molecule has 3 rings (SSSR count). The van der Waals surface area contributed by atoms with E-state index in [1.807, 2.05) is 29.6 Å². The van der Waals surface area contributed by atoms with Crippen LogP contribution in [0, 0.1) is 0 Å². The van der Waals surface area contributed by atoms with E-state index in [0.717, 1.165) is 23.9 Å². The van der Waals surface area contributed by atoms with Crippen LogP contribution in [0.1, 0.15) is 16.9 Å². The lowest BCUT2D eigenvalue weighted by Crippen LogP contribution is -2.25. The van der Waals surface area contributed by atoms with Crippen molar-refractivity contribution in [3.8, 4) is 0 Å². The number of benzene rings is 1. The van der Waals surface area contributed by atoms with Gasteiger partial charge in [0.15, 0.2) is 5.58 Å². The monoisotopic (exact) mass is 330 g/mol. The van der Waals surface area contributed by atoms with Gasteiger partial charge in [-0.05, 0) is 42.0 Å². The van der Waals surface area contributed by atoms with Gasteiger partial charge < -0.3 is 9.73 Å². The van der Waals surface area contributed by atoms with Crippen molar-refractivity contribution in [1.29, 1.82) is 0 Å². The van der Waals surface area contributed by atoms with Crippen LogP contribution in [0.4, 0.5) is 0 Å². The van der Waals surface area contributed by atoms with Crippen LogP contribution in [-0.2, 0) is 24.7 Å². The van der Waals surface area contributed by atoms with Gasteiger partial charge in [-0.3, -0.25) is 9.36 Å². The number of hydrogen-bond acceptors (Lipinski definition) is 4. The van der Waals surface area contributed by atoms with E-state index in [4.69, 9.17) is 4.42 Å². The molecule has 23 heavy (non-hydrogen) atoms. The number of nitrogens with zero attached hydrogens (tertiary/aromatic N) is 1. The first kappa shape index (κ1) is 15.6.